The fourth-order valence-corrected chi connectivity index (χ4v) is 1.75. The minimum absolute atomic E-state index is 0.373. The number of anilines is 1. The average molecular weight is 244 g/mol. The van der Waals surface area contributed by atoms with Crippen LogP contribution < -0.4 is 5.32 Å². The van der Waals surface area contributed by atoms with Gasteiger partial charge in [0.25, 0.3) is 6.43 Å². The first-order valence-corrected chi connectivity index (χ1v) is 5.54. The first-order valence-electron chi connectivity index (χ1n) is 4.66. The van der Waals surface area contributed by atoms with E-state index in [1.54, 1.807) is 17.9 Å². The van der Waals surface area contributed by atoms with Crippen LogP contribution in [0.3, 0.4) is 0 Å². The minimum Gasteiger partial charge on any atom is -0.378 e. The zero-order valence-corrected chi connectivity index (χ0v) is 9.12. The molecule has 0 amide bonds. The Morgan fingerprint density at radius 3 is 3.00 bits per heavy atom. The van der Waals surface area contributed by atoms with E-state index < -0.39 is 6.43 Å². The van der Waals surface area contributed by atoms with Crippen LogP contribution in [0.25, 0.3) is 0 Å². The molecule has 0 aromatic carbocycles. The molecule has 2 rings (SSSR count). The van der Waals surface area contributed by atoms with Gasteiger partial charge in [0.1, 0.15) is 6.54 Å². The molecule has 0 unspecified atom stereocenters. The van der Waals surface area contributed by atoms with Crippen LogP contribution in [0.1, 0.15) is 4.88 Å². The van der Waals surface area contributed by atoms with E-state index in [1.165, 1.54) is 22.2 Å². The molecule has 16 heavy (non-hydrogen) atoms. The first kappa shape index (κ1) is 11.0. The second-order valence-corrected chi connectivity index (χ2v) is 4.13. The third-order valence-corrected chi connectivity index (χ3v) is 2.69. The zero-order valence-electron chi connectivity index (χ0n) is 8.31. The summed E-state index contributed by atoms with van der Waals surface area (Å²) in [4.78, 5) is 5.02. The molecule has 0 atom stereocenters. The highest BCUT2D eigenvalue weighted by Gasteiger charge is 2.05. The van der Waals surface area contributed by atoms with Gasteiger partial charge in [0.2, 0.25) is 0 Å². The predicted octanol–water partition coefficient (Wildman–Crippen LogP) is 2.22. The summed E-state index contributed by atoms with van der Waals surface area (Å²) in [5.74, 6) is 0. The fraction of sp³-hybridized carbons (Fsp3) is 0.333. The molecule has 0 bridgehead atoms. The van der Waals surface area contributed by atoms with Crippen molar-refractivity contribution in [2.24, 2.45) is 0 Å². The van der Waals surface area contributed by atoms with E-state index in [1.807, 2.05) is 0 Å². The minimum atomic E-state index is -2.38. The van der Waals surface area contributed by atoms with Crippen molar-refractivity contribution < 1.29 is 8.78 Å². The molecule has 2 aromatic heterocycles. The number of aromatic nitrogens is 3. The summed E-state index contributed by atoms with van der Waals surface area (Å²) in [6.07, 6.45) is 2.48. The average Bonchev–Trinajstić information content (AvgIpc) is 2.84. The number of halogens is 2. The summed E-state index contributed by atoms with van der Waals surface area (Å²) in [5.41, 5.74) is 2.48. The number of thiazole rings is 1. The van der Waals surface area contributed by atoms with Gasteiger partial charge in [0.05, 0.1) is 23.9 Å². The third-order valence-electron chi connectivity index (χ3n) is 1.91. The second kappa shape index (κ2) is 5.02. The zero-order chi connectivity index (χ0) is 11.4. The molecule has 0 saturated heterocycles. The van der Waals surface area contributed by atoms with Gasteiger partial charge < -0.3 is 5.32 Å². The van der Waals surface area contributed by atoms with Crippen LogP contribution in [0.2, 0.25) is 0 Å². The predicted molar refractivity (Wildman–Crippen MR) is 57.7 cm³/mol. The first-order chi connectivity index (χ1) is 7.74. The molecule has 7 heteroatoms. The van der Waals surface area contributed by atoms with E-state index >= 15 is 0 Å². The number of hydrogen-bond acceptors (Lipinski definition) is 4. The van der Waals surface area contributed by atoms with Crippen molar-refractivity contribution in [1.82, 2.24) is 14.8 Å². The summed E-state index contributed by atoms with van der Waals surface area (Å²) >= 11 is 1.54. The number of nitrogens with zero attached hydrogens (tertiary/aromatic N) is 3. The van der Waals surface area contributed by atoms with Crippen molar-refractivity contribution in [2.45, 2.75) is 19.5 Å². The summed E-state index contributed by atoms with van der Waals surface area (Å²) in [6, 6.07) is 0. The van der Waals surface area contributed by atoms with Crippen LogP contribution in [0.15, 0.2) is 24.1 Å². The SMILES string of the molecule is FC(F)Cn1cc(NCc2cncs2)cn1. The van der Waals surface area contributed by atoms with E-state index in [9.17, 15) is 8.78 Å². The number of nitrogens with one attached hydrogen (secondary N) is 1. The highest BCUT2D eigenvalue weighted by molar-refractivity contribution is 7.09. The molecule has 0 radical (unpaired) electrons. The lowest BCUT2D eigenvalue weighted by atomic mass is 10.5. The van der Waals surface area contributed by atoms with Crippen molar-refractivity contribution in [2.75, 3.05) is 5.32 Å². The van der Waals surface area contributed by atoms with Gasteiger partial charge in [0, 0.05) is 17.3 Å². The van der Waals surface area contributed by atoms with Crippen molar-refractivity contribution in [1.29, 1.82) is 0 Å². The van der Waals surface area contributed by atoms with Gasteiger partial charge >= 0.3 is 0 Å². The molecular formula is C9H10F2N4S. The highest BCUT2D eigenvalue weighted by Crippen LogP contribution is 2.11. The molecular weight excluding hydrogens is 234 g/mol. The van der Waals surface area contributed by atoms with Crippen LogP contribution >= 0.6 is 11.3 Å². The molecule has 1 N–H and O–H groups in total. The van der Waals surface area contributed by atoms with Crippen molar-refractivity contribution >= 4 is 17.0 Å². The van der Waals surface area contributed by atoms with Crippen molar-refractivity contribution in [3.8, 4) is 0 Å². The van der Waals surface area contributed by atoms with Gasteiger partial charge in [-0.3, -0.25) is 9.67 Å². The maximum atomic E-state index is 12.1. The quantitative estimate of drug-likeness (QED) is 0.877. The van der Waals surface area contributed by atoms with Gasteiger partial charge in [0.15, 0.2) is 0 Å². The van der Waals surface area contributed by atoms with Gasteiger partial charge in [-0.2, -0.15) is 5.10 Å². The van der Waals surface area contributed by atoms with Crippen LogP contribution in [-0.4, -0.2) is 21.2 Å². The second-order valence-electron chi connectivity index (χ2n) is 3.16. The third kappa shape index (κ3) is 2.99. The number of hydrogen-bond donors (Lipinski definition) is 1. The maximum Gasteiger partial charge on any atom is 0.257 e. The maximum absolute atomic E-state index is 12.1. The number of alkyl halides is 2. The van der Waals surface area contributed by atoms with E-state index in [4.69, 9.17) is 0 Å². The van der Waals surface area contributed by atoms with Gasteiger partial charge in [-0.05, 0) is 0 Å². The molecule has 0 aliphatic rings. The van der Waals surface area contributed by atoms with Gasteiger partial charge in [-0.1, -0.05) is 0 Å². The lowest BCUT2D eigenvalue weighted by Crippen LogP contribution is -2.06. The Hall–Kier alpha value is -1.50. The molecule has 0 aliphatic heterocycles. The van der Waals surface area contributed by atoms with E-state index in [2.05, 4.69) is 15.4 Å². The Morgan fingerprint density at radius 1 is 1.44 bits per heavy atom. The Kier molecular flexibility index (Phi) is 3.45. The van der Waals surface area contributed by atoms with Crippen LogP contribution in [0.5, 0.6) is 0 Å². The van der Waals surface area contributed by atoms with Crippen LogP contribution in [-0.2, 0) is 13.1 Å². The van der Waals surface area contributed by atoms with Crippen LogP contribution in [0.4, 0.5) is 14.5 Å². The lowest BCUT2D eigenvalue weighted by molar-refractivity contribution is 0.122. The molecule has 0 fully saturated rings. The largest absolute Gasteiger partial charge is 0.378 e. The molecule has 4 nitrogen and oxygen atoms in total. The van der Waals surface area contributed by atoms with Crippen molar-refractivity contribution in [3.05, 3.63) is 29.0 Å². The standard InChI is InChI=1S/C9H10F2N4S/c10-9(11)5-15-4-7(1-14-15)13-3-8-2-12-6-16-8/h1-2,4,6,9,13H,3,5H2. The van der Waals surface area contributed by atoms with E-state index in [-0.39, 0.29) is 6.54 Å². The molecule has 0 aliphatic carbocycles. The topological polar surface area (TPSA) is 42.7 Å². The summed E-state index contributed by atoms with van der Waals surface area (Å²) in [5, 5.41) is 6.90. The Labute approximate surface area is 94.9 Å². The molecule has 2 aromatic rings. The Bertz CT molecular complexity index is 426. The lowest BCUT2D eigenvalue weighted by Gasteiger charge is -2.00. The summed E-state index contributed by atoms with van der Waals surface area (Å²) in [6.45, 7) is 0.257. The Balaban J connectivity index is 1.88. The molecule has 0 spiro atoms. The molecule has 2 heterocycles. The number of rotatable bonds is 5. The van der Waals surface area contributed by atoms with E-state index in [0.29, 0.717) is 6.54 Å². The normalized spacial score (nSPS) is 10.9. The van der Waals surface area contributed by atoms with E-state index in [0.717, 1.165) is 10.6 Å². The monoisotopic (exact) mass is 244 g/mol. The smallest absolute Gasteiger partial charge is 0.257 e. The Morgan fingerprint density at radius 2 is 2.31 bits per heavy atom. The van der Waals surface area contributed by atoms with Gasteiger partial charge in [-0.25, -0.2) is 8.78 Å². The summed E-state index contributed by atoms with van der Waals surface area (Å²) < 4.78 is 25.3. The van der Waals surface area contributed by atoms with Crippen LogP contribution in [0, 0.1) is 0 Å². The molecule has 0 saturated carbocycles. The fourth-order valence-electron chi connectivity index (χ4n) is 1.21. The van der Waals surface area contributed by atoms with Gasteiger partial charge in [-0.15, -0.1) is 11.3 Å². The highest BCUT2D eigenvalue weighted by atomic mass is 32.1. The van der Waals surface area contributed by atoms with Crippen molar-refractivity contribution in [3.63, 3.8) is 0 Å². The summed E-state index contributed by atoms with van der Waals surface area (Å²) in [7, 11) is 0. The molecule has 86 valence electrons.